The molecule has 1 aromatic rings. The van der Waals surface area contributed by atoms with Crippen molar-refractivity contribution in [2.75, 3.05) is 46.9 Å². The van der Waals surface area contributed by atoms with Crippen LogP contribution in [0.1, 0.15) is 52.0 Å². The van der Waals surface area contributed by atoms with Crippen LogP contribution in [0.15, 0.2) is 35.3 Å². The fourth-order valence-corrected chi connectivity index (χ4v) is 4.12. The van der Waals surface area contributed by atoms with Gasteiger partial charge in [0.2, 0.25) is 0 Å². The molecule has 0 radical (unpaired) electrons. The Morgan fingerprint density at radius 1 is 1.07 bits per heavy atom. The number of rotatable bonds is 9. The second-order valence-corrected chi connectivity index (χ2v) is 8.13. The lowest BCUT2D eigenvalue weighted by Gasteiger charge is -2.43. The van der Waals surface area contributed by atoms with E-state index < -0.39 is 0 Å². The Bertz CT molecular complexity index is 596. The number of hydrogen-bond acceptors (Lipinski definition) is 3. The van der Waals surface area contributed by atoms with E-state index in [9.17, 15) is 0 Å². The maximum Gasteiger partial charge on any atom is 0.191 e. The number of nitrogens with one attached hydrogen (secondary N) is 2. The van der Waals surface area contributed by atoms with Crippen LogP contribution in [0.25, 0.3) is 0 Å². The highest BCUT2D eigenvalue weighted by Gasteiger charge is 2.35. The van der Waals surface area contributed by atoms with Gasteiger partial charge in [-0.3, -0.25) is 4.99 Å². The molecule has 0 amide bonds. The van der Waals surface area contributed by atoms with Crippen molar-refractivity contribution in [2.24, 2.45) is 4.99 Å². The molecule has 0 spiro atoms. The molecule has 2 N–H and O–H groups in total. The van der Waals surface area contributed by atoms with Crippen LogP contribution in [0.5, 0.6) is 0 Å². The van der Waals surface area contributed by atoms with Gasteiger partial charge in [0, 0.05) is 37.3 Å². The van der Waals surface area contributed by atoms with Gasteiger partial charge in [-0.25, -0.2) is 0 Å². The summed E-state index contributed by atoms with van der Waals surface area (Å²) in [6.07, 6.45) is 4.25. The average molecular weight is 517 g/mol. The highest BCUT2D eigenvalue weighted by molar-refractivity contribution is 14.0. The molecule has 29 heavy (non-hydrogen) atoms. The van der Waals surface area contributed by atoms with Gasteiger partial charge < -0.3 is 20.3 Å². The lowest BCUT2D eigenvalue weighted by Crippen LogP contribution is -2.57. The monoisotopic (exact) mass is 516 g/mol. The smallest absolute Gasteiger partial charge is 0.191 e. The standard InChI is InChI=1S/C23H40N4O.HI/c1-6-22(7-2,20-12-10-9-11-13-20)18-25-21(24-8-3)26-19-23(27(4)5)14-16-28-17-15-23;/h9-13H,6-8,14-19H2,1-5H3,(H2,24,25,26);1H. The summed E-state index contributed by atoms with van der Waals surface area (Å²) in [5.41, 5.74) is 1.59. The van der Waals surface area contributed by atoms with Crippen LogP contribution < -0.4 is 10.6 Å². The number of guanidine groups is 1. The van der Waals surface area contributed by atoms with Crippen LogP contribution >= 0.6 is 24.0 Å². The van der Waals surface area contributed by atoms with E-state index in [0.717, 1.165) is 64.5 Å². The van der Waals surface area contributed by atoms with Crippen molar-refractivity contribution in [3.05, 3.63) is 35.9 Å². The summed E-state index contributed by atoms with van der Waals surface area (Å²) in [5, 5.41) is 7.07. The van der Waals surface area contributed by atoms with E-state index in [0.29, 0.717) is 0 Å². The van der Waals surface area contributed by atoms with Gasteiger partial charge in [0.15, 0.2) is 5.96 Å². The molecule has 1 aliphatic heterocycles. The van der Waals surface area contributed by atoms with Gasteiger partial charge in [-0.15, -0.1) is 24.0 Å². The van der Waals surface area contributed by atoms with Crippen molar-refractivity contribution in [1.82, 2.24) is 15.5 Å². The van der Waals surface area contributed by atoms with Crippen LogP contribution in [0.3, 0.4) is 0 Å². The van der Waals surface area contributed by atoms with Gasteiger partial charge in [-0.2, -0.15) is 0 Å². The Kier molecular flexibility index (Phi) is 11.5. The minimum Gasteiger partial charge on any atom is -0.381 e. The van der Waals surface area contributed by atoms with Crippen molar-refractivity contribution >= 4 is 29.9 Å². The zero-order valence-corrected chi connectivity index (χ0v) is 21.3. The number of ether oxygens (including phenoxy) is 1. The van der Waals surface area contributed by atoms with Crippen LogP contribution in [-0.4, -0.2) is 63.3 Å². The lowest BCUT2D eigenvalue weighted by atomic mass is 9.76. The molecule has 0 atom stereocenters. The molecule has 1 saturated heterocycles. The number of nitrogens with zero attached hydrogens (tertiary/aromatic N) is 2. The minimum absolute atomic E-state index is 0. The van der Waals surface area contributed by atoms with Gasteiger partial charge in [0.05, 0.1) is 6.54 Å². The summed E-state index contributed by atoms with van der Waals surface area (Å²) >= 11 is 0. The Hall–Kier alpha value is -0.860. The van der Waals surface area contributed by atoms with Gasteiger partial charge in [0.25, 0.3) is 0 Å². The van der Waals surface area contributed by atoms with Crippen LogP contribution in [0.2, 0.25) is 0 Å². The highest BCUT2D eigenvalue weighted by Crippen LogP contribution is 2.32. The fourth-order valence-electron chi connectivity index (χ4n) is 4.12. The van der Waals surface area contributed by atoms with Crippen molar-refractivity contribution in [3.63, 3.8) is 0 Å². The summed E-state index contributed by atoms with van der Waals surface area (Å²) in [7, 11) is 4.34. The maximum atomic E-state index is 5.60. The van der Waals surface area contributed by atoms with Gasteiger partial charge in [0.1, 0.15) is 0 Å². The molecular weight excluding hydrogens is 475 g/mol. The molecule has 0 unspecified atom stereocenters. The summed E-state index contributed by atoms with van der Waals surface area (Å²) in [5.74, 6) is 0.914. The first-order chi connectivity index (χ1) is 13.5. The first-order valence-corrected chi connectivity index (χ1v) is 10.8. The van der Waals surface area contributed by atoms with E-state index in [4.69, 9.17) is 9.73 Å². The van der Waals surface area contributed by atoms with Crippen LogP contribution in [-0.2, 0) is 10.2 Å². The molecule has 6 heteroatoms. The second kappa shape index (κ2) is 12.7. The van der Waals surface area contributed by atoms with Gasteiger partial charge in [-0.1, -0.05) is 44.2 Å². The molecule has 1 heterocycles. The van der Waals surface area contributed by atoms with Crippen LogP contribution in [0, 0.1) is 0 Å². The summed E-state index contributed by atoms with van der Waals surface area (Å²) in [4.78, 5) is 7.37. The fraction of sp³-hybridized carbons (Fsp3) is 0.696. The van der Waals surface area contributed by atoms with E-state index in [1.165, 1.54) is 5.56 Å². The molecule has 0 aromatic heterocycles. The minimum atomic E-state index is 0. The third-order valence-electron chi connectivity index (χ3n) is 6.58. The largest absolute Gasteiger partial charge is 0.381 e. The SMILES string of the molecule is CCNC(=NCC(CC)(CC)c1ccccc1)NCC1(N(C)C)CCOCC1.I. The lowest BCUT2D eigenvalue weighted by molar-refractivity contribution is -0.00501. The number of aliphatic imine (C=N–C) groups is 1. The molecule has 1 aliphatic rings. The molecule has 5 nitrogen and oxygen atoms in total. The predicted octanol–water partition coefficient (Wildman–Crippen LogP) is 4.03. The van der Waals surface area contributed by atoms with E-state index in [1.54, 1.807) is 0 Å². The molecule has 1 aromatic carbocycles. The van der Waals surface area contributed by atoms with E-state index in [1.807, 2.05) is 0 Å². The first kappa shape index (κ1) is 26.2. The zero-order valence-electron chi connectivity index (χ0n) is 19.0. The third-order valence-corrected chi connectivity index (χ3v) is 6.58. The van der Waals surface area contributed by atoms with E-state index in [2.05, 4.69) is 80.7 Å². The number of likely N-dealkylation sites (N-methyl/N-ethyl adjacent to an activating group) is 1. The molecular formula is C23H41IN4O. The Balaban J connectivity index is 0.00000420. The average Bonchev–Trinajstić information content (AvgIpc) is 2.74. The normalized spacial score (nSPS) is 17.0. The van der Waals surface area contributed by atoms with Crippen molar-refractivity contribution in [3.8, 4) is 0 Å². The Labute approximate surface area is 195 Å². The van der Waals surface area contributed by atoms with Crippen LogP contribution in [0.4, 0.5) is 0 Å². The van der Waals surface area contributed by atoms with Crippen molar-refractivity contribution in [1.29, 1.82) is 0 Å². The molecule has 0 bridgehead atoms. The topological polar surface area (TPSA) is 48.9 Å². The predicted molar refractivity (Wildman–Crippen MR) is 135 cm³/mol. The third kappa shape index (κ3) is 6.82. The zero-order chi connectivity index (χ0) is 20.5. The molecule has 0 aliphatic carbocycles. The molecule has 1 fully saturated rings. The number of hydrogen-bond donors (Lipinski definition) is 2. The van der Waals surface area contributed by atoms with E-state index in [-0.39, 0.29) is 34.9 Å². The summed E-state index contributed by atoms with van der Waals surface area (Å²) in [6, 6.07) is 10.8. The number of benzene rings is 1. The Morgan fingerprint density at radius 3 is 2.21 bits per heavy atom. The van der Waals surface area contributed by atoms with Gasteiger partial charge >= 0.3 is 0 Å². The number of halogens is 1. The van der Waals surface area contributed by atoms with E-state index >= 15 is 0 Å². The highest BCUT2D eigenvalue weighted by atomic mass is 127. The molecule has 0 saturated carbocycles. The maximum absolute atomic E-state index is 5.60. The first-order valence-electron chi connectivity index (χ1n) is 10.8. The Morgan fingerprint density at radius 2 is 1.69 bits per heavy atom. The van der Waals surface area contributed by atoms with Gasteiger partial charge in [-0.05, 0) is 52.3 Å². The van der Waals surface area contributed by atoms with Crippen molar-refractivity contribution < 1.29 is 4.74 Å². The van der Waals surface area contributed by atoms with Crippen molar-refractivity contribution in [2.45, 2.75) is 57.4 Å². The summed E-state index contributed by atoms with van der Waals surface area (Å²) in [6.45, 7) is 10.9. The summed E-state index contributed by atoms with van der Waals surface area (Å²) < 4.78 is 5.60. The second-order valence-electron chi connectivity index (χ2n) is 8.13. The molecule has 166 valence electrons. The molecule has 2 rings (SSSR count). The quantitative estimate of drug-likeness (QED) is 0.296.